The molecule has 6 nitrogen and oxygen atoms in total. The van der Waals surface area contributed by atoms with E-state index >= 15 is 0 Å². The maximum absolute atomic E-state index is 13.3. The number of carbonyl (C=O) groups is 3. The van der Waals surface area contributed by atoms with Crippen LogP contribution in [0.3, 0.4) is 0 Å². The van der Waals surface area contributed by atoms with Gasteiger partial charge in [0.25, 0.3) is 11.8 Å². The molecule has 1 saturated heterocycles. The molecule has 0 radical (unpaired) electrons. The maximum atomic E-state index is 13.3. The molecule has 1 N–H and O–H groups in total. The smallest absolute Gasteiger partial charge is 0.318 e. The Morgan fingerprint density at radius 3 is 2.16 bits per heavy atom. The van der Waals surface area contributed by atoms with Crippen LogP contribution >= 0.6 is 0 Å². The number of benzene rings is 2. The standard InChI is InChI=1S/C25H22FN3O3/c1-14-5-8-21(11-15(14)2)28-16(3)12-18(17(28)4)13-22-23(30)27-25(32)29(24(22)31)20-9-6-19(26)7-10-20/h5-13H,1-4H3,(H,27,30,32)/b22-13-. The monoisotopic (exact) mass is 431 g/mol. The van der Waals surface area contributed by atoms with Gasteiger partial charge in [0, 0.05) is 17.1 Å². The van der Waals surface area contributed by atoms with Crippen molar-refractivity contribution in [2.45, 2.75) is 27.7 Å². The minimum absolute atomic E-state index is 0.172. The number of carbonyl (C=O) groups excluding carboxylic acids is 3. The highest BCUT2D eigenvalue weighted by molar-refractivity contribution is 6.39. The summed E-state index contributed by atoms with van der Waals surface area (Å²) < 4.78 is 15.3. The molecule has 0 saturated carbocycles. The van der Waals surface area contributed by atoms with E-state index in [1.165, 1.54) is 23.8 Å². The van der Waals surface area contributed by atoms with E-state index < -0.39 is 23.7 Å². The number of barbiturate groups is 1. The first-order valence-electron chi connectivity index (χ1n) is 10.1. The summed E-state index contributed by atoms with van der Waals surface area (Å²) in [6.45, 7) is 7.94. The fraction of sp³-hybridized carbons (Fsp3) is 0.160. The van der Waals surface area contributed by atoms with E-state index in [-0.39, 0.29) is 11.3 Å². The molecule has 2 aromatic carbocycles. The van der Waals surface area contributed by atoms with E-state index in [1.807, 2.05) is 50.5 Å². The van der Waals surface area contributed by atoms with Crippen molar-refractivity contribution in [3.63, 3.8) is 0 Å². The summed E-state index contributed by atoms with van der Waals surface area (Å²) in [5, 5.41) is 2.19. The van der Waals surface area contributed by atoms with E-state index in [0.29, 0.717) is 5.56 Å². The van der Waals surface area contributed by atoms with Crippen LogP contribution in [0.15, 0.2) is 54.1 Å². The van der Waals surface area contributed by atoms with Gasteiger partial charge in [-0.15, -0.1) is 0 Å². The summed E-state index contributed by atoms with van der Waals surface area (Å²) in [4.78, 5) is 38.7. The van der Waals surface area contributed by atoms with Crippen LogP contribution in [0.4, 0.5) is 14.9 Å². The quantitative estimate of drug-likeness (QED) is 0.490. The normalized spacial score (nSPS) is 15.5. The van der Waals surface area contributed by atoms with Gasteiger partial charge in [0.1, 0.15) is 11.4 Å². The molecule has 0 unspecified atom stereocenters. The molecular formula is C25H22FN3O3. The molecule has 3 aromatic rings. The van der Waals surface area contributed by atoms with E-state index in [0.717, 1.165) is 39.7 Å². The van der Waals surface area contributed by atoms with E-state index in [9.17, 15) is 18.8 Å². The third-order valence-corrected chi connectivity index (χ3v) is 5.71. The second-order valence-electron chi connectivity index (χ2n) is 7.86. The molecule has 1 aromatic heterocycles. The fourth-order valence-electron chi connectivity index (χ4n) is 3.83. The molecule has 7 heteroatoms. The number of aromatic nitrogens is 1. The molecule has 0 bridgehead atoms. The molecule has 4 amide bonds. The number of nitrogens with one attached hydrogen (secondary N) is 1. The van der Waals surface area contributed by atoms with E-state index in [2.05, 4.69) is 11.4 Å². The van der Waals surface area contributed by atoms with Gasteiger partial charge >= 0.3 is 6.03 Å². The van der Waals surface area contributed by atoms with Crippen LogP contribution < -0.4 is 10.2 Å². The van der Waals surface area contributed by atoms with Crippen molar-refractivity contribution in [3.8, 4) is 5.69 Å². The SMILES string of the molecule is Cc1ccc(-n2c(C)cc(/C=C3/C(=O)NC(=O)N(c4ccc(F)cc4)C3=O)c2C)cc1C. The fourth-order valence-corrected chi connectivity index (χ4v) is 3.83. The predicted molar refractivity (Wildman–Crippen MR) is 120 cm³/mol. The lowest BCUT2D eigenvalue weighted by atomic mass is 10.1. The first-order chi connectivity index (χ1) is 15.2. The Balaban J connectivity index is 1.76. The average molecular weight is 431 g/mol. The number of urea groups is 1. The van der Waals surface area contributed by atoms with Crippen molar-refractivity contribution in [2.75, 3.05) is 4.90 Å². The average Bonchev–Trinajstić information content (AvgIpc) is 3.01. The highest BCUT2D eigenvalue weighted by Gasteiger charge is 2.37. The van der Waals surface area contributed by atoms with Crippen LogP contribution in [0.1, 0.15) is 28.1 Å². The number of rotatable bonds is 3. The molecule has 4 rings (SSSR count). The second-order valence-corrected chi connectivity index (χ2v) is 7.86. The minimum atomic E-state index is -0.871. The highest BCUT2D eigenvalue weighted by Crippen LogP contribution is 2.27. The first-order valence-corrected chi connectivity index (χ1v) is 10.1. The first kappa shape index (κ1) is 21.2. The number of nitrogens with zero attached hydrogens (tertiary/aromatic N) is 2. The highest BCUT2D eigenvalue weighted by atomic mass is 19.1. The number of hydrogen-bond donors (Lipinski definition) is 1. The molecule has 32 heavy (non-hydrogen) atoms. The van der Waals surface area contributed by atoms with Crippen LogP contribution in [-0.2, 0) is 9.59 Å². The van der Waals surface area contributed by atoms with Gasteiger partial charge < -0.3 is 4.57 Å². The Kier molecular flexibility index (Phi) is 5.26. The lowest BCUT2D eigenvalue weighted by Gasteiger charge is -2.26. The van der Waals surface area contributed by atoms with E-state index in [1.54, 1.807) is 0 Å². The molecule has 0 spiro atoms. The van der Waals surface area contributed by atoms with Gasteiger partial charge in [-0.05, 0) is 92.9 Å². The van der Waals surface area contributed by atoms with Crippen molar-refractivity contribution in [3.05, 3.63) is 88.0 Å². The Morgan fingerprint density at radius 2 is 1.50 bits per heavy atom. The molecular weight excluding hydrogens is 409 g/mol. The molecule has 2 heterocycles. The molecule has 0 aliphatic carbocycles. The minimum Gasteiger partial charge on any atom is -0.318 e. The van der Waals surface area contributed by atoms with Crippen molar-refractivity contribution in [1.29, 1.82) is 0 Å². The third kappa shape index (κ3) is 3.62. The summed E-state index contributed by atoms with van der Waals surface area (Å²) in [5.41, 5.74) is 5.81. The Hall–Kier alpha value is -4.00. The molecule has 1 fully saturated rings. The van der Waals surface area contributed by atoms with Crippen molar-refractivity contribution >= 4 is 29.6 Å². The summed E-state index contributed by atoms with van der Waals surface area (Å²) in [6, 6.07) is 12.1. The van der Waals surface area contributed by atoms with Crippen LogP contribution in [0.25, 0.3) is 11.8 Å². The van der Waals surface area contributed by atoms with Gasteiger partial charge in [0.05, 0.1) is 5.69 Å². The summed E-state index contributed by atoms with van der Waals surface area (Å²) in [7, 11) is 0. The van der Waals surface area contributed by atoms with Crippen LogP contribution in [-0.4, -0.2) is 22.4 Å². The largest absolute Gasteiger partial charge is 0.335 e. The number of imide groups is 2. The second kappa shape index (κ2) is 7.92. The lowest BCUT2D eigenvalue weighted by Crippen LogP contribution is -2.54. The number of hydrogen-bond acceptors (Lipinski definition) is 3. The molecule has 162 valence electrons. The zero-order valence-corrected chi connectivity index (χ0v) is 18.2. The molecule has 1 aliphatic heterocycles. The van der Waals surface area contributed by atoms with Crippen LogP contribution in [0.2, 0.25) is 0 Å². The number of anilines is 1. The molecule has 0 atom stereocenters. The number of amides is 4. The van der Waals surface area contributed by atoms with Gasteiger partial charge in [-0.25, -0.2) is 14.1 Å². The van der Waals surface area contributed by atoms with Crippen LogP contribution in [0.5, 0.6) is 0 Å². The van der Waals surface area contributed by atoms with Crippen LogP contribution in [0, 0.1) is 33.5 Å². The third-order valence-electron chi connectivity index (χ3n) is 5.71. The van der Waals surface area contributed by atoms with Crippen molar-refractivity contribution < 1.29 is 18.8 Å². The summed E-state index contributed by atoms with van der Waals surface area (Å²) in [6.07, 6.45) is 1.49. The van der Waals surface area contributed by atoms with Gasteiger partial charge in [-0.2, -0.15) is 0 Å². The summed E-state index contributed by atoms with van der Waals surface area (Å²) in [5.74, 6) is -2.03. The van der Waals surface area contributed by atoms with Gasteiger partial charge in [0.2, 0.25) is 0 Å². The Morgan fingerprint density at radius 1 is 0.844 bits per heavy atom. The van der Waals surface area contributed by atoms with Crippen molar-refractivity contribution in [2.24, 2.45) is 0 Å². The zero-order valence-electron chi connectivity index (χ0n) is 18.2. The summed E-state index contributed by atoms with van der Waals surface area (Å²) >= 11 is 0. The lowest BCUT2D eigenvalue weighted by molar-refractivity contribution is -0.122. The van der Waals surface area contributed by atoms with Gasteiger partial charge in [0.15, 0.2) is 0 Å². The number of aryl methyl sites for hydroxylation is 3. The van der Waals surface area contributed by atoms with E-state index in [4.69, 9.17) is 0 Å². The van der Waals surface area contributed by atoms with Gasteiger partial charge in [-0.1, -0.05) is 6.07 Å². The Bertz CT molecular complexity index is 1300. The Labute approximate surface area is 185 Å². The number of halogens is 1. The molecule has 1 aliphatic rings. The van der Waals surface area contributed by atoms with Crippen molar-refractivity contribution in [1.82, 2.24) is 9.88 Å². The maximum Gasteiger partial charge on any atom is 0.335 e. The zero-order chi connectivity index (χ0) is 23.2. The topological polar surface area (TPSA) is 71.4 Å². The predicted octanol–water partition coefficient (Wildman–Crippen LogP) is 4.52. The van der Waals surface area contributed by atoms with Gasteiger partial charge in [-0.3, -0.25) is 14.9 Å².